The van der Waals surface area contributed by atoms with Gasteiger partial charge in [0.25, 0.3) is 10.1 Å². The molecule has 0 aliphatic carbocycles. The van der Waals surface area contributed by atoms with Crippen LogP contribution in [0.15, 0.2) is 61.7 Å². The Hall–Kier alpha value is -2.34. The van der Waals surface area contributed by atoms with E-state index in [0.29, 0.717) is 23.9 Å². The van der Waals surface area contributed by atoms with Crippen molar-refractivity contribution < 1.29 is 34.9 Å². The molecule has 2 aromatic rings. The van der Waals surface area contributed by atoms with Crippen LogP contribution >= 0.6 is 0 Å². The molecule has 0 saturated carbocycles. The van der Waals surface area contributed by atoms with Gasteiger partial charge in [-0.05, 0) is 24.0 Å². The number of rotatable bonds is 23. The van der Waals surface area contributed by atoms with Gasteiger partial charge in [-0.2, -0.15) is 8.42 Å². The Labute approximate surface area is 286 Å². The Morgan fingerprint density at radius 3 is 1.81 bits per heavy atom. The van der Waals surface area contributed by atoms with Gasteiger partial charge >= 0.3 is 0 Å². The summed E-state index contributed by atoms with van der Waals surface area (Å²) in [5.41, 5.74) is 4.64. The van der Waals surface area contributed by atoms with E-state index in [2.05, 4.69) is 39.3 Å². The van der Waals surface area contributed by atoms with Gasteiger partial charge in [-0.1, -0.05) is 119 Å². The predicted octanol–water partition coefficient (Wildman–Crippen LogP) is 7.54. The molecule has 10 heteroatoms. The maximum absolute atomic E-state index is 11.1. The quantitative estimate of drug-likeness (QED) is 0.0732. The summed E-state index contributed by atoms with van der Waals surface area (Å²) >= 11 is 0. The first-order valence-corrected chi connectivity index (χ1v) is 20.2. The summed E-state index contributed by atoms with van der Waals surface area (Å²) in [5, 5.41) is 0. The number of hydrogen-bond acceptors (Lipinski definition) is 5. The summed E-state index contributed by atoms with van der Waals surface area (Å²) in [6, 6.07) is 16.4. The lowest BCUT2D eigenvalue weighted by molar-refractivity contribution is -0.922. The zero-order valence-corrected chi connectivity index (χ0v) is 31.0. The fraction of sp³-hybridized carbons (Fsp3) is 0.568. The largest absolute Gasteiger partial charge is 0.748 e. The van der Waals surface area contributed by atoms with Crippen molar-refractivity contribution in [3.05, 3.63) is 83.9 Å². The second-order valence-electron chi connectivity index (χ2n) is 13.6. The summed E-state index contributed by atoms with van der Waals surface area (Å²) < 4.78 is 64.5. The molecule has 0 radical (unpaired) electrons. The minimum Gasteiger partial charge on any atom is -0.748 e. The highest BCUT2D eigenvalue weighted by atomic mass is 32.2. The lowest BCUT2D eigenvalue weighted by atomic mass is 10.0. The van der Waals surface area contributed by atoms with Crippen molar-refractivity contribution in [2.75, 3.05) is 52.3 Å². The van der Waals surface area contributed by atoms with Gasteiger partial charge in [0.2, 0.25) is 0 Å². The van der Waals surface area contributed by atoms with Crippen molar-refractivity contribution in [2.45, 2.75) is 84.2 Å². The van der Waals surface area contributed by atoms with Gasteiger partial charge < -0.3 is 13.5 Å². The third kappa shape index (κ3) is 21.3. The normalized spacial score (nSPS) is 13.3. The minimum absolute atomic E-state index is 0.165. The van der Waals surface area contributed by atoms with E-state index < -0.39 is 20.2 Å². The molecule has 0 heterocycles. The molecule has 0 amide bonds. The molecule has 0 saturated heterocycles. The van der Waals surface area contributed by atoms with Crippen molar-refractivity contribution >= 4 is 32.4 Å². The first-order valence-electron chi connectivity index (χ1n) is 17.0. The van der Waals surface area contributed by atoms with Crippen LogP contribution in [-0.2, 0) is 33.3 Å². The van der Waals surface area contributed by atoms with Gasteiger partial charge in [-0.25, -0.2) is 8.42 Å². The van der Waals surface area contributed by atoms with Crippen molar-refractivity contribution in [1.82, 2.24) is 0 Å². The predicted molar refractivity (Wildman–Crippen MR) is 196 cm³/mol. The first kappa shape index (κ1) is 42.7. The highest BCUT2D eigenvalue weighted by Crippen LogP contribution is 2.20. The number of nitrogens with zero attached hydrogens (tertiary/aromatic N) is 2. The highest BCUT2D eigenvalue weighted by molar-refractivity contribution is 7.85. The van der Waals surface area contributed by atoms with E-state index >= 15 is 0 Å². The molecular formula is C37H61N2O6S2+. The molecular weight excluding hydrogens is 633 g/mol. The first-order chi connectivity index (χ1) is 22.0. The number of hydrogen-bond donors (Lipinski definition) is 1. The summed E-state index contributed by atoms with van der Waals surface area (Å²) in [4.78, 5) is 0. The van der Waals surface area contributed by atoms with Gasteiger partial charge in [0.05, 0.1) is 56.6 Å². The standard InChI is InChI=1S/C23H39NO3S.C14H21NO3S/c1-4-6-7-8-9-10-11-14-18-24(3,19-15-20-28(25,26)27)21-23-17-13-12-16-22(23)5-2;1-4-13-6-8-14(9-7-13)12-15(2,3)10-5-11-19(16,17)18/h5,12-13,16-17H,2,4,6-11,14-15,18-21H2,1,3H3;4,6-9H,1,5,10-12H2,2-3H3/p+1. The smallest absolute Gasteiger partial charge is 0.265 e. The fourth-order valence-corrected chi connectivity index (χ4v) is 6.79. The molecule has 1 unspecified atom stereocenters. The Bertz CT molecular complexity index is 1410. The molecule has 0 spiro atoms. The molecule has 0 aliphatic rings. The van der Waals surface area contributed by atoms with Gasteiger partial charge in [-0.15, -0.1) is 0 Å². The Morgan fingerprint density at radius 1 is 0.702 bits per heavy atom. The zero-order valence-electron chi connectivity index (χ0n) is 29.4. The molecule has 0 aromatic heterocycles. The zero-order chi connectivity index (χ0) is 35.4. The van der Waals surface area contributed by atoms with Crippen LogP contribution in [0.4, 0.5) is 0 Å². The molecule has 2 rings (SSSR count). The number of quaternary nitrogens is 2. The molecule has 47 heavy (non-hydrogen) atoms. The Kier molecular flexibility index (Phi) is 19.6. The lowest BCUT2D eigenvalue weighted by Gasteiger charge is -2.35. The van der Waals surface area contributed by atoms with Crippen LogP contribution in [0.1, 0.15) is 93.4 Å². The third-order valence-corrected chi connectivity index (χ3v) is 10.1. The Balaban J connectivity index is 0.000000506. The summed E-state index contributed by atoms with van der Waals surface area (Å²) in [6.45, 7) is 13.9. The monoisotopic (exact) mass is 693 g/mol. The van der Waals surface area contributed by atoms with Crippen LogP contribution in [0.25, 0.3) is 12.2 Å². The van der Waals surface area contributed by atoms with Crippen molar-refractivity contribution in [3.63, 3.8) is 0 Å². The van der Waals surface area contributed by atoms with Crippen molar-refractivity contribution in [3.8, 4) is 0 Å². The average molecular weight is 694 g/mol. The highest BCUT2D eigenvalue weighted by Gasteiger charge is 2.23. The van der Waals surface area contributed by atoms with Crippen molar-refractivity contribution in [2.24, 2.45) is 0 Å². The van der Waals surface area contributed by atoms with Gasteiger partial charge in [0, 0.05) is 29.7 Å². The van der Waals surface area contributed by atoms with E-state index in [9.17, 15) is 21.4 Å². The lowest BCUT2D eigenvalue weighted by Crippen LogP contribution is -2.45. The molecule has 0 bridgehead atoms. The van der Waals surface area contributed by atoms with Crippen LogP contribution in [-0.4, -0.2) is 87.2 Å². The summed E-state index contributed by atoms with van der Waals surface area (Å²) in [7, 11) is -1.75. The van der Waals surface area contributed by atoms with E-state index in [1.54, 1.807) is 6.08 Å². The van der Waals surface area contributed by atoms with Crippen LogP contribution in [0, 0.1) is 0 Å². The maximum atomic E-state index is 11.1. The van der Waals surface area contributed by atoms with Crippen LogP contribution < -0.4 is 0 Å². The number of benzene rings is 2. The fourth-order valence-electron chi connectivity index (χ4n) is 5.82. The second kappa shape index (κ2) is 21.6. The van der Waals surface area contributed by atoms with Crippen LogP contribution in [0.2, 0.25) is 0 Å². The minimum atomic E-state index is -4.10. The maximum Gasteiger partial charge on any atom is 0.265 e. The second-order valence-corrected chi connectivity index (χ2v) is 16.7. The molecule has 1 atom stereocenters. The summed E-state index contributed by atoms with van der Waals surface area (Å²) in [6.07, 6.45) is 14.8. The molecule has 2 aromatic carbocycles. The SMILES string of the molecule is C=Cc1ccc(C[N+](C)(C)CCCS(=O)(=O)[O-])cc1.C=Cc1ccccc1C[N+](C)(CCCCCCCCCC)CCCS(=O)(=O)O. The number of unbranched alkanes of at least 4 members (excludes halogenated alkanes) is 7. The van der Waals surface area contributed by atoms with E-state index in [1.807, 2.05) is 56.6 Å². The summed E-state index contributed by atoms with van der Waals surface area (Å²) in [5.74, 6) is -0.453. The molecule has 0 aliphatic heterocycles. The van der Waals surface area contributed by atoms with E-state index in [0.717, 1.165) is 48.2 Å². The topological polar surface area (TPSA) is 112 Å². The van der Waals surface area contributed by atoms with E-state index in [4.69, 9.17) is 4.55 Å². The van der Waals surface area contributed by atoms with E-state index in [-0.39, 0.29) is 11.5 Å². The Morgan fingerprint density at radius 2 is 1.26 bits per heavy atom. The van der Waals surface area contributed by atoms with Gasteiger partial charge in [0.1, 0.15) is 13.1 Å². The van der Waals surface area contributed by atoms with Crippen LogP contribution in [0.3, 0.4) is 0 Å². The third-order valence-electron chi connectivity index (χ3n) is 8.46. The van der Waals surface area contributed by atoms with Crippen LogP contribution in [0.5, 0.6) is 0 Å². The molecule has 266 valence electrons. The average Bonchev–Trinajstić information content (AvgIpc) is 2.98. The van der Waals surface area contributed by atoms with Gasteiger partial charge in [-0.3, -0.25) is 4.55 Å². The van der Waals surface area contributed by atoms with Crippen molar-refractivity contribution in [1.29, 1.82) is 0 Å². The molecule has 8 nitrogen and oxygen atoms in total. The molecule has 0 fully saturated rings. The van der Waals surface area contributed by atoms with Gasteiger partial charge in [0.15, 0.2) is 0 Å². The van der Waals surface area contributed by atoms with E-state index in [1.165, 1.54) is 56.1 Å². The molecule has 1 N–H and O–H groups in total.